The van der Waals surface area contributed by atoms with Crippen molar-refractivity contribution in [3.63, 3.8) is 0 Å². The maximum absolute atomic E-state index is 13.8. The van der Waals surface area contributed by atoms with Gasteiger partial charge in [0.2, 0.25) is 15.9 Å². The molecule has 1 N–H and O–H groups in total. The average Bonchev–Trinajstić information content (AvgIpc) is 3.01. The van der Waals surface area contributed by atoms with Gasteiger partial charge in [-0.1, -0.05) is 30.3 Å². The van der Waals surface area contributed by atoms with Crippen LogP contribution in [-0.2, 0) is 21.0 Å². The second-order valence-electron chi connectivity index (χ2n) is 10.6. The Hall–Kier alpha value is -3.77. The van der Waals surface area contributed by atoms with Crippen LogP contribution in [-0.4, -0.2) is 60.7 Å². The number of carbonyl (C=O) groups is 2. The van der Waals surface area contributed by atoms with Crippen molar-refractivity contribution in [2.24, 2.45) is 5.92 Å². The summed E-state index contributed by atoms with van der Waals surface area (Å²) in [6, 6.07) is 15.5. The molecule has 2 aliphatic rings. The maximum Gasteiger partial charge on any atom is 0.416 e. The fraction of sp³-hybridized carbons (Fsp3) is 0.367. The van der Waals surface area contributed by atoms with Crippen molar-refractivity contribution in [2.75, 3.05) is 19.6 Å². The van der Waals surface area contributed by atoms with Gasteiger partial charge in [0.25, 0.3) is 5.91 Å². The topological polar surface area (TPSA) is 99.7 Å². The van der Waals surface area contributed by atoms with Gasteiger partial charge in [-0.3, -0.25) is 14.6 Å². The summed E-state index contributed by atoms with van der Waals surface area (Å²) in [5, 5.41) is 0. The van der Waals surface area contributed by atoms with Gasteiger partial charge in [-0.15, -0.1) is 0 Å². The van der Waals surface area contributed by atoms with Gasteiger partial charge < -0.3 is 9.80 Å². The molecule has 5 rings (SSSR count). The Morgan fingerprint density at radius 1 is 0.857 bits per heavy atom. The van der Waals surface area contributed by atoms with E-state index in [1.54, 1.807) is 29.4 Å². The van der Waals surface area contributed by atoms with E-state index in [4.69, 9.17) is 0 Å². The molecule has 2 amide bonds. The minimum absolute atomic E-state index is 0.0242. The van der Waals surface area contributed by atoms with Crippen LogP contribution in [0.5, 0.6) is 0 Å². The van der Waals surface area contributed by atoms with E-state index in [-0.39, 0.29) is 28.7 Å². The van der Waals surface area contributed by atoms with E-state index in [0.717, 1.165) is 29.8 Å². The summed E-state index contributed by atoms with van der Waals surface area (Å²) in [7, 11) is -4.02. The number of pyridine rings is 1. The second kappa shape index (κ2) is 12.2. The lowest BCUT2D eigenvalue weighted by Gasteiger charge is -2.43. The number of rotatable bonds is 6. The number of carbonyl (C=O) groups excluding carboxylic acids is 2. The van der Waals surface area contributed by atoms with E-state index in [2.05, 4.69) is 9.71 Å². The molecule has 222 valence electrons. The number of alkyl halides is 3. The lowest BCUT2D eigenvalue weighted by molar-refractivity contribution is -0.141. The number of nitrogens with one attached hydrogen (secondary N) is 1. The van der Waals surface area contributed by atoms with Crippen molar-refractivity contribution < 1.29 is 31.2 Å². The van der Waals surface area contributed by atoms with E-state index in [0.29, 0.717) is 50.9 Å². The molecule has 0 radical (unpaired) electrons. The summed E-state index contributed by atoms with van der Waals surface area (Å²) in [5.74, 6) is -0.444. The van der Waals surface area contributed by atoms with Gasteiger partial charge in [-0.05, 0) is 67.6 Å². The number of sulfonamides is 1. The normalized spacial score (nSPS) is 21.6. The lowest BCUT2D eigenvalue weighted by atomic mass is 9.85. The number of benzene rings is 2. The van der Waals surface area contributed by atoms with Crippen LogP contribution < -0.4 is 4.72 Å². The van der Waals surface area contributed by atoms with Crippen molar-refractivity contribution in [2.45, 2.75) is 48.8 Å². The molecule has 1 saturated carbocycles. The molecule has 2 fully saturated rings. The van der Waals surface area contributed by atoms with Gasteiger partial charge in [0, 0.05) is 49.6 Å². The SMILES string of the molecule is O=C(c1ccncc1)N1CCN(C(=O)C2CCC(NS(=O)(=O)c3ccc(C(F)(F)F)cc3)CC2)[C@@H](c2ccccc2)C1. The molecule has 1 aromatic heterocycles. The van der Waals surface area contributed by atoms with E-state index < -0.39 is 27.8 Å². The largest absolute Gasteiger partial charge is 0.416 e. The summed E-state index contributed by atoms with van der Waals surface area (Å²) in [6.45, 7) is 1.10. The highest BCUT2D eigenvalue weighted by Gasteiger charge is 2.38. The van der Waals surface area contributed by atoms with Gasteiger partial charge in [-0.25, -0.2) is 13.1 Å². The van der Waals surface area contributed by atoms with Crippen LogP contribution >= 0.6 is 0 Å². The van der Waals surface area contributed by atoms with Crippen molar-refractivity contribution >= 4 is 21.8 Å². The number of hydrogen-bond acceptors (Lipinski definition) is 5. The molecule has 1 aliphatic carbocycles. The summed E-state index contributed by atoms with van der Waals surface area (Å²) in [6.07, 6.45) is 0.373. The first-order valence-electron chi connectivity index (χ1n) is 13.8. The molecule has 0 spiro atoms. The van der Waals surface area contributed by atoms with Crippen LogP contribution in [0, 0.1) is 5.92 Å². The fourth-order valence-electron chi connectivity index (χ4n) is 5.67. The van der Waals surface area contributed by atoms with E-state index in [9.17, 15) is 31.2 Å². The van der Waals surface area contributed by atoms with Crippen molar-refractivity contribution in [1.82, 2.24) is 19.5 Å². The maximum atomic E-state index is 13.8. The zero-order chi connectivity index (χ0) is 29.9. The predicted octanol–water partition coefficient (Wildman–Crippen LogP) is 4.66. The third-order valence-corrected chi connectivity index (χ3v) is 9.49. The Bertz CT molecular complexity index is 1500. The standard InChI is InChI=1S/C30H31F3N4O4S/c31-30(32,33)24-8-12-26(13-9-24)42(40,41)35-25-10-6-22(7-11-25)29(39)37-19-18-36(28(38)23-14-16-34-17-15-23)20-27(37)21-4-2-1-3-5-21/h1-5,8-9,12-17,22,25,27,35H,6-7,10-11,18-20H2/t22?,25?,27-/m1/s1. The summed E-state index contributed by atoms with van der Waals surface area (Å²) < 4.78 is 66.8. The summed E-state index contributed by atoms with van der Waals surface area (Å²) in [4.78, 5) is 34.3. The third-order valence-electron chi connectivity index (χ3n) is 7.95. The molecule has 2 heterocycles. The molecule has 1 atom stereocenters. The Morgan fingerprint density at radius 3 is 2.12 bits per heavy atom. The lowest BCUT2D eigenvalue weighted by Crippen LogP contribution is -2.54. The van der Waals surface area contributed by atoms with Crippen LogP contribution in [0.3, 0.4) is 0 Å². The molecular weight excluding hydrogens is 569 g/mol. The molecule has 3 aromatic rings. The molecule has 8 nitrogen and oxygen atoms in total. The van der Waals surface area contributed by atoms with Crippen LogP contribution in [0.4, 0.5) is 13.2 Å². The van der Waals surface area contributed by atoms with Crippen molar-refractivity contribution in [1.29, 1.82) is 0 Å². The smallest absolute Gasteiger partial charge is 0.334 e. The highest BCUT2D eigenvalue weighted by atomic mass is 32.2. The Kier molecular flexibility index (Phi) is 8.65. The Labute approximate surface area is 242 Å². The van der Waals surface area contributed by atoms with Gasteiger partial charge in [0.1, 0.15) is 0 Å². The summed E-state index contributed by atoms with van der Waals surface area (Å²) >= 11 is 0. The fourth-order valence-corrected chi connectivity index (χ4v) is 6.98. The van der Waals surface area contributed by atoms with Gasteiger partial charge in [-0.2, -0.15) is 13.2 Å². The molecule has 0 bridgehead atoms. The average molecular weight is 601 g/mol. The van der Waals surface area contributed by atoms with Gasteiger partial charge in [0.05, 0.1) is 16.5 Å². The predicted molar refractivity (Wildman–Crippen MR) is 149 cm³/mol. The first-order valence-corrected chi connectivity index (χ1v) is 15.3. The first kappa shape index (κ1) is 29.7. The van der Waals surface area contributed by atoms with Crippen LogP contribution in [0.25, 0.3) is 0 Å². The minimum atomic E-state index is -4.55. The molecule has 0 unspecified atom stereocenters. The third kappa shape index (κ3) is 6.65. The molecule has 1 saturated heterocycles. The number of aromatic nitrogens is 1. The zero-order valence-electron chi connectivity index (χ0n) is 22.7. The van der Waals surface area contributed by atoms with E-state index >= 15 is 0 Å². The Morgan fingerprint density at radius 2 is 1.50 bits per heavy atom. The molecule has 1 aliphatic heterocycles. The Balaban J connectivity index is 1.23. The van der Waals surface area contributed by atoms with E-state index in [1.165, 1.54) is 0 Å². The number of piperazine rings is 1. The summed E-state index contributed by atoms with van der Waals surface area (Å²) in [5.41, 5.74) is 0.543. The quantitative estimate of drug-likeness (QED) is 0.444. The molecule has 2 aromatic carbocycles. The van der Waals surface area contributed by atoms with Gasteiger partial charge >= 0.3 is 6.18 Å². The number of amides is 2. The van der Waals surface area contributed by atoms with Gasteiger partial charge in [0.15, 0.2) is 0 Å². The van der Waals surface area contributed by atoms with Crippen molar-refractivity contribution in [3.8, 4) is 0 Å². The number of hydrogen-bond donors (Lipinski definition) is 1. The minimum Gasteiger partial charge on any atom is -0.334 e. The molecule has 42 heavy (non-hydrogen) atoms. The van der Waals surface area contributed by atoms with Crippen LogP contribution in [0.15, 0.2) is 84.0 Å². The van der Waals surface area contributed by atoms with E-state index in [1.807, 2.05) is 35.2 Å². The monoisotopic (exact) mass is 600 g/mol. The first-order chi connectivity index (χ1) is 20.0. The molecule has 12 heteroatoms. The second-order valence-corrected chi connectivity index (χ2v) is 12.4. The van der Waals surface area contributed by atoms with Crippen molar-refractivity contribution in [3.05, 3.63) is 95.8 Å². The van der Waals surface area contributed by atoms with Crippen LogP contribution in [0.2, 0.25) is 0 Å². The molecular formula is C30H31F3N4O4S. The highest BCUT2D eigenvalue weighted by Crippen LogP contribution is 2.33. The zero-order valence-corrected chi connectivity index (χ0v) is 23.5. The number of nitrogens with zero attached hydrogens (tertiary/aromatic N) is 3. The number of halogens is 3. The van der Waals surface area contributed by atoms with Crippen LogP contribution in [0.1, 0.15) is 53.2 Å². The highest BCUT2D eigenvalue weighted by molar-refractivity contribution is 7.89.